The van der Waals surface area contributed by atoms with Crippen LogP contribution in [0.4, 0.5) is 5.69 Å². The zero-order valence-electron chi connectivity index (χ0n) is 17.9. The molecule has 8 nitrogen and oxygen atoms in total. The van der Waals surface area contributed by atoms with E-state index in [4.69, 9.17) is 18.9 Å². The molecule has 1 atom stereocenters. The molecule has 0 aromatic heterocycles. The first kappa shape index (κ1) is 21.0. The van der Waals surface area contributed by atoms with Gasteiger partial charge in [0.25, 0.3) is 0 Å². The molecule has 31 heavy (non-hydrogen) atoms. The summed E-state index contributed by atoms with van der Waals surface area (Å²) in [6.07, 6.45) is 1.89. The fraction of sp³-hybridized carbons (Fsp3) is 0.391. The lowest BCUT2D eigenvalue weighted by atomic mass is 10.0. The van der Waals surface area contributed by atoms with Gasteiger partial charge >= 0.3 is 0 Å². The van der Waals surface area contributed by atoms with Crippen molar-refractivity contribution in [2.45, 2.75) is 25.8 Å². The number of methoxy groups -OCH3 is 2. The Kier molecular flexibility index (Phi) is 5.99. The van der Waals surface area contributed by atoms with E-state index < -0.39 is 0 Å². The van der Waals surface area contributed by atoms with E-state index in [9.17, 15) is 9.59 Å². The van der Waals surface area contributed by atoms with Gasteiger partial charge in [-0.2, -0.15) is 0 Å². The van der Waals surface area contributed by atoms with Gasteiger partial charge in [0.1, 0.15) is 11.5 Å². The Bertz CT molecular complexity index is 1010. The van der Waals surface area contributed by atoms with Gasteiger partial charge in [0.05, 0.1) is 26.5 Å². The van der Waals surface area contributed by atoms with Crippen molar-refractivity contribution >= 4 is 17.4 Å². The molecule has 164 valence electrons. The van der Waals surface area contributed by atoms with Crippen LogP contribution in [0, 0.1) is 0 Å². The molecular weight excluding hydrogens is 400 g/mol. The van der Waals surface area contributed by atoms with E-state index in [1.54, 1.807) is 26.4 Å². The third kappa shape index (κ3) is 4.29. The molecular formula is C23H26N2O6. The summed E-state index contributed by atoms with van der Waals surface area (Å²) in [7, 11) is 3.27. The number of fused-ring (bicyclic) bond motifs is 1. The van der Waals surface area contributed by atoms with Crippen molar-refractivity contribution in [2.75, 3.05) is 39.4 Å². The van der Waals surface area contributed by atoms with Crippen LogP contribution in [0.1, 0.15) is 41.7 Å². The summed E-state index contributed by atoms with van der Waals surface area (Å²) in [5, 5.41) is 2.88. The van der Waals surface area contributed by atoms with Crippen LogP contribution in [-0.2, 0) is 4.79 Å². The zero-order chi connectivity index (χ0) is 22.0. The number of amides is 1. The van der Waals surface area contributed by atoms with Crippen LogP contribution in [-0.4, -0.2) is 50.7 Å². The second-order valence-corrected chi connectivity index (χ2v) is 7.59. The van der Waals surface area contributed by atoms with E-state index >= 15 is 0 Å². The highest BCUT2D eigenvalue weighted by Gasteiger charge is 2.30. The quantitative estimate of drug-likeness (QED) is 0.679. The van der Waals surface area contributed by atoms with E-state index in [1.165, 1.54) is 6.92 Å². The third-order valence-corrected chi connectivity index (χ3v) is 5.67. The average molecular weight is 426 g/mol. The van der Waals surface area contributed by atoms with Crippen molar-refractivity contribution in [2.24, 2.45) is 0 Å². The van der Waals surface area contributed by atoms with Gasteiger partial charge in [0, 0.05) is 23.2 Å². The first-order valence-electron chi connectivity index (χ1n) is 10.2. The first-order valence-corrected chi connectivity index (χ1v) is 10.2. The molecule has 0 radical (unpaired) electrons. The molecule has 2 heterocycles. The number of Topliss-reactive ketones (excluding diaryl/α,β-unsaturated/α-hetero) is 1. The van der Waals surface area contributed by atoms with Crippen molar-refractivity contribution in [3.63, 3.8) is 0 Å². The number of carbonyl (C=O) groups excluding carboxylic acids is 2. The molecule has 0 aliphatic carbocycles. The maximum Gasteiger partial charge on any atom is 0.238 e. The maximum atomic E-state index is 12.9. The molecule has 8 heteroatoms. The van der Waals surface area contributed by atoms with Gasteiger partial charge in [-0.25, -0.2) is 0 Å². The minimum atomic E-state index is -0.199. The number of anilines is 1. The van der Waals surface area contributed by atoms with Crippen molar-refractivity contribution in [3.05, 3.63) is 41.5 Å². The molecule has 0 unspecified atom stereocenters. The number of ether oxygens (including phenoxy) is 4. The van der Waals surface area contributed by atoms with E-state index in [0.717, 1.165) is 36.4 Å². The Morgan fingerprint density at radius 2 is 1.90 bits per heavy atom. The van der Waals surface area contributed by atoms with Crippen molar-refractivity contribution in [1.82, 2.24) is 4.90 Å². The molecule has 1 amide bonds. The molecule has 0 spiro atoms. The molecule has 2 aromatic carbocycles. The largest absolute Gasteiger partial charge is 0.497 e. The van der Waals surface area contributed by atoms with Gasteiger partial charge in [-0.15, -0.1) is 0 Å². The van der Waals surface area contributed by atoms with Crippen LogP contribution in [0.2, 0.25) is 0 Å². The van der Waals surface area contributed by atoms with Gasteiger partial charge < -0.3 is 24.3 Å². The monoisotopic (exact) mass is 426 g/mol. The Balaban J connectivity index is 1.52. The van der Waals surface area contributed by atoms with Crippen LogP contribution in [0.25, 0.3) is 0 Å². The van der Waals surface area contributed by atoms with Gasteiger partial charge in [-0.3, -0.25) is 14.5 Å². The molecule has 0 saturated carbocycles. The maximum absolute atomic E-state index is 12.9. The van der Waals surface area contributed by atoms with Crippen LogP contribution in [0.3, 0.4) is 0 Å². The molecule has 2 aliphatic rings. The van der Waals surface area contributed by atoms with Crippen LogP contribution < -0.4 is 24.3 Å². The Hall–Kier alpha value is -3.26. The molecule has 4 rings (SSSR count). The fourth-order valence-electron chi connectivity index (χ4n) is 4.18. The van der Waals surface area contributed by atoms with Crippen molar-refractivity contribution < 1.29 is 28.5 Å². The lowest BCUT2D eigenvalue weighted by Gasteiger charge is -2.26. The van der Waals surface area contributed by atoms with Gasteiger partial charge in [-0.05, 0) is 50.6 Å². The summed E-state index contributed by atoms with van der Waals surface area (Å²) in [5.74, 6) is 2.18. The number of hydrogen-bond donors (Lipinski definition) is 1. The number of nitrogens with one attached hydrogen (secondary N) is 1. The second-order valence-electron chi connectivity index (χ2n) is 7.59. The average Bonchev–Trinajstić information content (AvgIpc) is 3.41. The third-order valence-electron chi connectivity index (χ3n) is 5.67. The van der Waals surface area contributed by atoms with E-state index in [0.29, 0.717) is 22.7 Å². The number of likely N-dealkylation sites (tertiary alicyclic amines) is 1. The SMILES string of the molecule is COc1ccc(OC)c([C@@H]2CCCN2CC(=O)Nc2cc3c(cc2C(C)=O)OCO3)c1. The van der Waals surface area contributed by atoms with Crippen LogP contribution in [0.15, 0.2) is 30.3 Å². The minimum Gasteiger partial charge on any atom is -0.497 e. The molecule has 2 aliphatic heterocycles. The molecule has 2 aromatic rings. The van der Waals surface area contributed by atoms with Gasteiger partial charge in [-0.1, -0.05) is 0 Å². The number of hydrogen-bond acceptors (Lipinski definition) is 7. The van der Waals surface area contributed by atoms with Crippen LogP contribution in [0.5, 0.6) is 23.0 Å². The molecule has 1 saturated heterocycles. The fourth-order valence-corrected chi connectivity index (χ4v) is 4.18. The first-order chi connectivity index (χ1) is 15.0. The van der Waals surface area contributed by atoms with Gasteiger partial charge in [0.15, 0.2) is 17.3 Å². The lowest BCUT2D eigenvalue weighted by Crippen LogP contribution is -2.33. The van der Waals surface area contributed by atoms with Crippen molar-refractivity contribution in [3.8, 4) is 23.0 Å². The van der Waals surface area contributed by atoms with Crippen LogP contribution >= 0.6 is 0 Å². The van der Waals surface area contributed by atoms with E-state index in [1.807, 2.05) is 18.2 Å². The van der Waals surface area contributed by atoms with Crippen molar-refractivity contribution in [1.29, 1.82) is 0 Å². The lowest BCUT2D eigenvalue weighted by molar-refractivity contribution is -0.117. The minimum absolute atomic E-state index is 0.0415. The molecule has 0 bridgehead atoms. The Morgan fingerprint density at radius 1 is 1.13 bits per heavy atom. The summed E-state index contributed by atoms with van der Waals surface area (Å²) >= 11 is 0. The predicted octanol–water partition coefficient (Wildman–Crippen LogP) is 3.41. The number of carbonyl (C=O) groups is 2. The number of benzene rings is 2. The highest BCUT2D eigenvalue weighted by atomic mass is 16.7. The topological polar surface area (TPSA) is 86.3 Å². The smallest absolute Gasteiger partial charge is 0.238 e. The van der Waals surface area contributed by atoms with E-state index in [2.05, 4.69) is 10.2 Å². The predicted molar refractivity (Wildman–Crippen MR) is 114 cm³/mol. The Morgan fingerprint density at radius 3 is 2.61 bits per heavy atom. The number of nitrogens with zero attached hydrogens (tertiary/aromatic N) is 1. The second kappa shape index (κ2) is 8.85. The highest BCUT2D eigenvalue weighted by Crippen LogP contribution is 2.39. The molecule has 1 N–H and O–H groups in total. The molecule has 1 fully saturated rings. The standard InChI is InChI=1S/C23H26N2O6/c1-14(26)16-10-21-22(31-13-30-21)11-18(16)24-23(27)12-25-8-4-5-19(25)17-9-15(28-2)6-7-20(17)29-3/h6-7,9-11,19H,4-5,8,12-13H2,1-3H3,(H,24,27)/t19-/m0/s1. The highest BCUT2D eigenvalue weighted by molar-refractivity contribution is 6.05. The summed E-state index contributed by atoms with van der Waals surface area (Å²) in [4.78, 5) is 27.1. The van der Waals surface area contributed by atoms with Gasteiger partial charge in [0.2, 0.25) is 12.7 Å². The summed E-state index contributed by atoms with van der Waals surface area (Å²) < 4.78 is 21.7. The normalized spacial score (nSPS) is 17.5. The summed E-state index contributed by atoms with van der Waals surface area (Å²) in [6.45, 7) is 2.54. The summed E-state index contributed by atoms with van der Waals surface area (Å²) in [5.41, 5.74) is 1.82. The number of rotatable bonds is 7. The number of ketones is 1. The zero-order valence-corrected chi connectivity index (χ0v) is 17.9. The van der Waals surface area contributed by atoms with E-state index in [-0.39, 0.29) is 31.1 Å². The Labute approximate surface area is 181 Å². The summed E-state index contributed by atoms with van der Waals surface area (Å²) in [6, 6.07) is 9.00.